The molecule has 132 valence electrons. The van der Waals surface area contributed by atoms with Crippen molar-refractivity contribution in [1.29, 1.82) is 0 Å². The van der Waals surface area contributed by atoms with Gasteiger partial charge in [0.2, 0.25) is 0 Å². The minimum atomic E-state index is -0.403. The molecule has 1 heterocycles. The molecule has 1 aromatic heterocycles. The SMILES string of the molecule is COCCCNC(=O)c1cncc(C(=O)Nc2ccc(Cl)c(Cl)c2)c1. The first-order valence-electron chi connectivity index (χ1n) is 7.50. The van der Waals surface area contributed by atoms with Gasteiger partial charge in [-0.05, 0) is 30.7 Å². The minimum Gasteiger partial charge on any atom is -0.385 e. The van der Waals surface area contributed by atoms with Gasteiger partial charge < -0.3 is 15.4 Å². The van der Waals surface area contributed by atoms with Crippen LogP contribution in [0.15, 0.2) is 36.7 Å². The van der Waals surface area contributed by atoms with Crippen LogP contribution in [0.3, 0.4) is 0 Å². The van der Waals surface area contributed by atoms with Crippen molar-refractivity contribution in [1.82, 2.24) is 10.3 Å². The molecule has 25 heavy (non-hydrogen) atoms. The van der Waals surface area contributed by atoms with Crippen LogP contribution in [0.25, 0.3) is 0 Å². The van der Waals surface area contributed by atoms with E-state index in [1.54, 1.807) is 25.3 Å². The minimum absolute atomic E-state index is 0.260. The molecular formula is C17H17Cl2N3O3. The summed E-state index contributed by atoms with van der Waals surface area (Å²) >= 11 is 11.8. The highest BCUT2D eigenvalue weighted by Gasteiger charge is 2.12. The fourth-order valence-corrected chi connectivity index (χ4v) is 2.28. The number of amides is 2. The van der Waals surface area contributed by atoms with Crippen LogP contribution in [0.4, 0.5) is 5.69 Å². The fraction of sp³-hybridized carbons (Fsp3) is 0.235. The number of aromatic nitrogens is 1. The van der Waals surface area contributed by atoms with Gasteiger partial charge in [0.15, 0.2) is 0 Å². The third-order valence-corrected chi connectivity index (χ3v) is 3.99. The Hall–Kier alpha value is -2.15. The Labute approximate surface area is 155 Å². The van der Waals surface area contributed by atoms with Gasteiger partial charge in [0.1, 0.15) is 0 Å². The van der Waals surface area contributed by atoms with E-state index in [9.17, 15) is 9.59 Å². The number of anilines is 1. The van der Waals surface area contributed by atoms with E-state index in [2.05, 4.69) is 15.6 Å². The van der Waals surface area contributed by atoms with Crippen molar-refractivity contribution >= 4 is 40.7 Å². The van der Waals surface area contributed by atoms with Crippen molar-refractivity contribution in [2.45, 2.75) is 6.42 Å². The van der Waals surface area contributed by atoms with E-state index in [1.165, 1.54) is 18.5 Å². The summed E-state index contributed by atoms with van der Waals surface area (Å²) in [7, 11) is 1.60. The Morgan fingerprint density at radius 1 is 1.08 bits per heavy atom. The topological polar surface area (TPSA) is 80.3 Å². The number of nitrogens with one attached hydrogen (secondary N) is 2. The van der Waals surface area contributed by atoms with E-state index in [4.69, 9.17) is 27.9 Å². The first-order chi connectivity index (χ1) is 12.0. The molecule has 1 aromatic carbocycles. The summed E-state index contributed by atoms with van der Waals surface area (Å²) in [6.45, 7) is 1.04. The number of nitrogens with zero attached hydrogens (tertiary/aromatic N) is 1. The molecule has 0 spiro atoms. The summed E-state index contributed by atoms with van der Waals surface area (Å²) in [6.07, 6.45) is 3.49. The lowest BCUT2D eigenvalue weighted by Gasteiger charge is -2.08. The number of pyridine rings is 1. The zero-order chi connectivity index (χ0) is 18.2. The highest BCUT2D eigenvalue weighted by molar-refractivity contribution is 6.42. The number of halogens is 2. The van der Waals surface area contributed by atoms with Gasteiger partial charge in [0, 0.05) is 38.3 Å². The Kier molecular flexibility index (Phi) is 7.18. The number of hydrogen-bond acceptors (Lipinski definition) is 4. The molecule has 0 aliphatic rings. The average Bonchev–Trinajstić information content (AvgIpc) is 2.62. The zero-order valence-corrected chi connectivity index (χ0v) is 15.0. The molecule has 0 atom stereocenters. The number of rotatable bonds is 7. The van der Waals surface area contributed by atoms with E-state index in [0.717, 1.165) is 0 Å². The summed E-state index contributed by atoms with van der Waals surface area (Å²) < 4.78 is 4.92. The van der Waals surface area contributed by atoms with Crippen molar-refractivity contribution in [2.75, 3.05) is 25.6 Å². The summed E-state index contributed by atoms with van der Waals surface area (Å²) in [4.78, 5) is 28.3. The quantitative estimate of drug-likeness (QED) is 0.720. The van der Waals surface area contributed by atoms with Crippen LogP contribution < -0.4 is 10.6 Å². The van der Waals surface area contributed by atoms with Gasteiger partial charge in [-0.1, -0.05) is 23.2 Å². The van der Waals surface area contributed by atoms with Crippen molar-refractivity contribution in [2.24, 2.45) is 0 Å². The number of methoxy groups -OCH3 is 1. The third kappa shape index (κ3) is 5.70. The number of carbonyl (C=O) groups is 2. The van der Waals surface area contributed by atoms with Crippen LogP contribution in [0.5, 0.6) is 0 Å². The fourth-order valence-electron chi connectivity index (χ4n) is 1.99. The molecule has 0 aliphatic heterocycles. The smallest absolute Gasteiger partial charge is 0.257 e. The summed E-state index contributed by atoms with van der Waals surface area (Å²) in [6, 6.07) is 6.24. The second kappa shape index (κ2) is 9.36. The van der Waals surface area contributed by atoms with Crippen LogP contribution in [-0.2, 0) is 4.74 Å². The lowest BCUT2D eigenvalue weighted by Crippen LogP contribution is -2.25. The number of benzene rings is 1. The van der Waals surface area contributed by atoms with Gasteiger partial charge in [-0.2, -0.15) is 0 Å². The molecule has 0 aliphatic carbocycles. The molecule has 0 unspecified atom stereocenters. The van der Waals surface area contributed by atoms with Gasteiger partial charge in [-0.15, -0.1) is 0 Å². The molecule has 2 aromatic rings. The Morgan fingerprint density at radius 2 is 1.80 bits per heavy atom. The van der Waals surface area contributed by atoms with E-state index in [0.29, 0.717) is 40.9 Å². The van der Waals surface area contributed by atoms with E-state index < -0.39 is 5.91 Å². The second-order valence-corrected chi connectivity index (χ2v) is 5.96. The largest absolute Gasteiger partial charge is 0.385 e. The van der Waals surface area contributed by atoms with Crippen LogP contribution in [0.1, 0.15) is 27.1 Å². The maximum Gasteiger partial charge on any atom is 0.257 e. The summed E-state index contributed by atoms with van der Waals surface area (Å²) in [5, 5.41) is 6.15. The molecule has 0 saturated heterocycles. The highest BCUT2D eigenvalue weighted by atomic mass is 35.5. The van der Waals surface area contributed by atoms with Crippen molar-refractivity contribution in [3.63, 3.8) is 0 Å². The van der Waals surface area contributed by atoms with Gasteiger partial charge in [-0.3, -0.25) is 14.6 Å². The monoisotopic (exact) mass is 381 g/mol. The molecule has 6 nitrogen and oxygen atoms in total. The third-order valence-electron chi connectivity index (χ3n) is 3.25. The van der Waals surface area contributed by atoms with E-state index >= 15 is 0 Å². The highest BCUT2D eigenvalue weighted by Crippen LogP contribution is 2.25. The van der Waals surface area contributed by atoms with Crippen LogP contribution in [-0.4, -0.2) is 37.1 Å². The van der Waals surface area contributed by atoms with E-state index in [-0.39, 0.29) is 11.5 Å². The molecule has 0 fully saturated rings. The standard InChI is InChI=1S/C17H17Cl2N3O3/c1-25-6-2-5-21-16(23)11-7-12(10-20-9-11)17(24)22-13-3-4-14(18)15(19)8-13/h3-4,7-10H,2,5-6H2,1H3,(H,21,23)(H,22,24). The lowest BCUT2D eigenvalue weighted by molar-refractivity contribution is 0.0948. The molecule has 2 amide bonds. The number of carbonyl (C=O) groups excluding carboxylic acids is 2. The molecule has 0 bridgehead atoms. The lowest BCUT2D eigenvalue weighted by atomic mass is 10.1. The van der Waals surface area contributed by atoms with Crippen molar-refractivity contribution in [3.05, 3.63) is 57.8 Å². The van der Waals surface area contributed by atoms with Crippen molar-refractivity contribution < 1.29 is 14.3 Å². The zero-order valence-electron chi connectivity index (χ0n) is 13.5. The first kappa shape index (κ1) is 19.2. The number of hydrogen-bond donors (Lipinski definition) is 2. The molecule has 2 rings (SSSR count). The maximum absolute atomic E-state index is 12.3. The predicted molar refractivity (Wildman–Crippen MR) is 97.5 cm³/mol. The van der Waals surface area contributed by atoms with Gasteiger partial charge in [0.25, 0.3) is 11.8 Å². The normalized spacial score (nSPS) is 10.4. The Morgan fingerprint density at radius 3 is 2.48 bits per heavy atom. The molecular weight excluding hydrogens is 365 g/mol. The maximum atomic E-state index is 12.3. The molecule has 2 N–H and O–H groups in total. The van der Waals surface area contributed by atoms with Crippen molar-refractivity contribution in [3.8, 4) is 0 Å². The predicted octanol–water partition coefficient (Wildman–Crippen LogP) is 3.41. The first-order valence-corrected chi connectivity index (χ1v) is 8.25. The Bertz CT molecular complexity index is 769. The molecule has 0 saturated carbocycles. The Balaban J connectivity index is 2.03. The van der Waals surface area contributed by atoms with E-state index in [1.807, 2.05) is 0 Å². The summed E-state index contributed by atoms with van der Waals surface area (Å²) in [5.41, 5.74) is 1.06. The average molecular weight is 382 g/mol. The van der Waals surface area contributed by atoms with Crippen LogP contribution >= 0.6 is 23.2 Å². The van der Waals surface area contributed by atoms with Crippen LogP contribution in [0.2, 0.25) is 10.0 Å². The van der Waals surface area contributed by atoms with Crippen LogP contribution in [0, 0.1) is 0 Å². The molecule has 0 radical (unpaired) electrons. The van der Waals surface area contributed by atoms with Gasteiger partial charge in [0.05, 0.1) is 21.2 Å². The van der Waals surface area contributed by atoms with Gasteiger partial charge >= 0.3 is 0 Å². The summed E-state index contributed by atoms with van der Waals surface area (Å²) in [5.74, 6) is -0.701. The molecule has 8 heteroatoms. The second-order valence-electron chi connectivity index (χ2n) is 5.15. The number of ether oxygens (including phenoxy) is 1. The van der Waals surface area contributed by atoms with Gasteiger partial charge in [-0.25, -0.2) is 0 Å².